The van der Waals surface area contributed by atoms with Gasteiger partial charge >= 0.3 is 5.97 Å². The first-order valence-corrected chi connectivity index (χ1v) is 27.7. The molecule has 5 N–H and O–H groups in total. The number of nitrogens with zero attached hydrogens (tertiary/aromatic N) is 6. The van der Waals surface area contributed by atoms with Crippen LogP contribution in [0.15, 0.2) is 35.3 Å². The average molecular weight is 1120 g/mol. The number of aromatic hydroxyl groups is 1. The van der Waals surface area contributed by atoms with Crippen molar-refractivity contribution in [1.82, 2.24) is 45.4 Å². The van der Waals surface area contributed by atoms with Crippen molar-refractivity contribution in [1.29, 1.82) is 0 Å². The van der Waals surface area contributed by atoms with Gasteiger partial charge in [-0.2, -0.15) is 0 Å². The van der Waals surface area contributed by atoms with Crippen molar-refractivity contribution in [3.05, 3.63) is 68.8 Å². The number of hydrogen-bond donors (Lipinski definition) is 5. The molecule has 2 fully saturated rings. The number of likely N-dealkylation sites (tertiary alicyclic amines) is 1. The molecule has 6 heterocycles. The number of imide groups is 1. The minimum atomic E-state index is -1.29. The maximum atomic E-state index is 13.4. The van der Waals surface area contributed by atoms with Crippen LogP contribution in [0.1, 0.15) is 142 Å². The molecule has 1 saturated heterocycles. The first-order valence-electron chi connectivity index (χ1n) is 27.7. The average Bonchev–Trinajstić information content (AvgIpc) is 4.33. The van der Waals surface area contributed by atoms with Crippen LogP contribution in [0.5, 0.6) is 5.75 Å². The highest BCUT2D eigenvalue weighted by molar-refractivity contribution is 6.02. The fraction of sp³-hybridized carbons (Fsp3) is 0.596. The maximum Gasteiger partial charge on any atom is 0.343 e. The number of aryl methyl sites for hydroxylation is 2. The van der Waals surface area contributed by atoms with Crippen LogP contribution in [0.2, 0.25) is 0 Å². The van der Waals surface area contributed by atoms with Gasteiger partial charge in [-0.1, -0.05) is 46.8 Å². The molecule has 0 radical (unpaired) electrons. The van der Waals surface area contributed by atoms with E-state index in [9.17, 15) is 43.5 Å². The number of rotatable bonds is 21. The molecule has 3 aliphatic heterocycles. The highest BCUT2D eigenvalue weighted by atomic mass is 16.6. The molecule has 2 unspecified atom stereocenters. The maximum absolute atomic E-state index is 13.4. The molecule has 2 atom stereocenters. The van der Waals surface area contributed by atoms with Crippen LogP contribution >= 0.6 is 0 Å². The number of hydrogen-bond acceptors (Lipinski definition) is 17. The van der Waals surface area contributed by atoms with Gasteiger partial charge in [0.1, 0.15) is 37.9 Å². The summed E-state index contributed by atoms with van der Waals surface area (Å²) in [6, 6.07) is 6.67. The summed E-state index contributed by atoms with van der Waals surface area (Å²) in [5.41, 5.74) is 3.99. The minimum absolute atomic E-state index is 0.00227. The molecule has 8 rings (SSSR count). The Labute approximate surface area is 466 Å². The Hall–Kier alpha value is -7.11. The number of aliphatic hydroxyl groups is 1. The second-order valence-electron chi connectivity index (χ2n) is 20.9. The molecule has 1 aliphatic carbocycles. The van der Waals surface area contributed by atoms with Crippen LogP contribution in [0.3, 0.4) is 0 Å². The second kappa shape index (κ2) is 29.4. The van der Waals surface area contributed by atoms with E-state index in [2.05, 4.69) is 37.9 Å². The largest absolute Gasteiger partial charge is 0.508 e. The summed E-state index contributed by atoms with van der Waals surface area (Å²) in [4.78, 5) is 102. The lowest BCUT2D eigenvalue weighted by molar-refractivity contribution is -0.176. The van der Waals surface area contributed by atoms with Gasteiger partial charge in [-0.15, -0.1) is 5.10 Å². The Morgan fingerprint density at radius 1 is 0.975 bits per heavy atom. The number of methoxy groups -OCH3 is 1. The zero-order valence-electron chi connectivity index (χ0n) is 48.0. The molecule has 23 nitrogen and oxygen atoms in total. The van der Waals surface area contributed by atoms with E-state index < -0.39 is 17.1 Å². The number of amides is 5. The fourth-order valence-electron chi connectivity index (χ4n) is 10.3. The highest BCUT2D eigenvalue weighted by Gasteiger charge is 2.47. The normalized spacial score (nSPS) is 18.4. The third-order valence-corrected chi connectivity index (χ3v) is 14.8. The van der Waals surface area contributed by atoms with Crippen molar-refractivity contribution in [2.45, 2.75) is 164 Å². The van der Waals surface area contributed by atoms with Gasteiger partial charge in [0, 0.05) is 67.6 Å². The summed E-state index contributed by atoms with van der Waals surface area (Å²) in [6.07, 6.45) is 7.40. The first kappa shape index (κ1) is 63.7. The van der Waals surface area contributed by atoms with Gasteiger partial charge in [0.2, 0.25) is 29.5 Å². The van der Waals surface area contributed by atoms with E-state index in [1.807, 2.05) is 53.8 Å². The van der Waals surface area contributed by atoms with Crippen molar-refractivity contribution in [3.63, 3.8) is 0 Å². The molecule has 0 bridgehead atoms. The summed E-state index contributed by atoms with van der Waals surface area (Å²) in [6.45, 7) is 19.1. The van der Waals surface area contributed by atoms with E-state index in [1.54, 1.807) is 41.3 Å². The van der Waals surface area contributed by atoms with Crippen LogP contribution in [0.4, 0.5) is 0 Å². The molecule has 0 spiro atoms. The number of fused-ring (bicyclic) bond motifs is 5. The lowest BCUT2D eigenvalue weighted by atomic mass is 9.81. The van der Waals surface area contributed by atoms with Gasteiger partial charge in [0.25, 0.3) is 12.0 Å². The molecular weight excluding hydrogens is 1030 g/mol. The molecule has 5 amide bonds. The van der Waals surface area contributed by atoms with Crippen molar-refractivity contribution in [3.8, 4) is 17.1 Å². The Morgan fingerprint density at radius 2 is 1.66 bits per heavy atom. The molecule has 4 aliphatic rings. The molecule has 80 heavy (non-hydrogen) atoms. The third-order valence-electron chi connectivity index (χ3n) is 14.8. The lowest BCUT2D eigenvalue weighted by Gasteiger charge is -2.34. The number of benzene rings is 1. The van der Waals surface area contributed by atoms with Crippen molar-refractivity contribution in [2.24, 2.45) is 17.8 Å². The first-order chi connectivity index (χ1) is 38.2. The van der Waals surface area contributed by atoms with E-state index in [0.717, 1.165) is 72.1 Å². The summed E-state index contributed by atoms with van der Waals surface area (Å²) in [5.74, 6) is -0.679. The van der Waals surface area contributed by atoms with Gasteiger partial charge in [-0.05, 0) is 107 Å². The second-order valence-corrected chi connectivity index (χ2v) is 20.9. The molecular formula is C57H81N9O14. The smallest absolute Gasteiger partial charge is 0.343 e. The number of phenolic OH excluding ortho intramolecular Hbond substituents is 1. The molecule has 438 valence electrons. The Balaban J connectivity index is 0.000000220. The number of aliphatic hydroxyl groups excluding tert-OH is 1. The molecule has 4 aromatic rings. The van der Waals surface area contributed by atoms with Crippen LogP contribution in [0.25, 0.3) is 22.3 Å². The minimum Gasteiger partial charge on any atom is -0.508 e. The standard InChI is InChI=1S/C23H22N2O5.C17H25N5O3.C15H28N2O6.C2H6/c1-4-13-14-8-12(26)6-7-18(14)24-20-15(13)10-25-19(20)9-17-16(21(25)27)11-30-22(28)23(17,5-2)29-3;1-2-21-11-14(19-20-21)9-18-17(25)13-5-3-12(4-6-13)10-22-15(23)7-8-16(22)24;1-11(2)12(7-23-10-19)16-13(20)8-22-9-14(21)17-15(3,4)5-6-18;1-2/h6-9,26H,4-5,10-11H2,1-3H3;11-13H,2-10H2,1H3,(H,18,25);10-12,18H,5-9H2,1-4H3,(H,16,20)(H,17,21);1-2H3. The summed E-state index contributed by atoms with van der Waals surface area (Å²) in [5, 5.41) is 36.0. The SMILES string of the molecule is CC.CC(C)C(COC=O)NC(=O)COCC(=O)NC(C)(C)CCO.CCc1c2c(nc3ccc(O)cc13)-c1cc3c(c(=O)n1C2)COC(=O)C3(CC)OC.CCn1cc(CNC(=O)C2CCC(CN3C(=O)CCC3=O)CC2)nn1. The van der Waals surface area contributed by atoms with Gasteiger partial charge in [-0.25, -0.2) is 9.78 Å². The predicted molar refractivity (Wildman–Crippen MR) is 294 cm³/mol. The van der Waals surface area contributed by atoms with Gasteiger partial charge in [0.05, 0.1) is 47.8 Å². The number of aromatic nitrogens is 5. The summed E-state index contributed by atoms with van der Waals surface area (Å²) >= 11 is 0. The van der Waals surface area contributed by atoms with Crippen LogP contribution in [0, 0.1) is 17.8 Å². The van der Waals surface area contributed by atoms with Crippen LogP contribution < -0.4 is 21.5 Å². The van der Waals surface area contributed by atoms with Gasteiger partial charge in [-0.3, -0.25) is 43.1 Å². The lowest BCUT2D eigenvalue weighted by Crippen LogP contribution is -2.46. The third kappa shape index (κ3) is 15.6. The number of carbonyl (C=O) groups is 7. The van der Waals surface area contributed by atoms with Gasteiger partial charge < -0.3 is 49.7 Å². The van der Waals surface area contributed by atoms with Crippen molar-refractivity contribution >= 4 is 52.9 Å². The van der Waals surface area contributed by atoms with Crippen LogP contribution in [-0.2, 0) is 90.8 Å². The fourth-order valence-corrected chi connectivity index (χ4v) is 10.3. The van der Waals surface area contributed by atoms with Crippen molar-refractivity contribution in [2.75, 3.05) is 40.1 Å². The number of ether oxygens (including phenoxy) is 4. The molecule has 1 saturated carbocycles. The highest BCUT2D eigenvalue weighted by Crippen LogP contribution is 2.42. The number of pyridine rings is 2. The number of phenols is 1. The Morgan fingerprint density at radius 3 is 2.26 bits per heavy atom. The topological polar surface area (TPSA) is 302 Å². The summed E-state index contributed by atoms with van der Waals surface area (Å²) < 4.78 is 24.1. The van der Waals surface area contributed by atoms with E-state index in [4.69, 9.17) is 24.3 Å². The van der Waals surface area contributed by atoms with E-state index in [1.165, 1.54) is 12.0 Å². The predicted octanol–water partition coefficient (Wildman–Crippen LogP) is 4.49. The zero-order chi connectivity index (χ0) is 58.9. The zero-order valence-corrected chi connectivity index (χ0v) is 48.0. The number of esters is 1. The number of carbonyl (C=O) groups excluding carboxylic acids is 7. The van der Waals surface area contributed by atoms with Crippen LogP contribution in [-0.4, -0.2) is 133 Å². The van der Waals surface area contributed by atoms with E-state index in [-0.39, 0.29) is 91.8 Å². The monoisotopic (exact) mass is 1120 g/mol. The quantitative estimate of drug-likeness (QED) is 0.0384. The summed E-state index contributed by atoms with van der Waals surface area (Å²) in [7, 11) is 1.46. The van der Waals surface area contributed by atoms with Crippen molar-refractivity contribution < 1.29 is 62.7 Å². The molecule has 3 aromatic heterocycles. The number of nitrogens with one attached hydrogen (secondary N) is 3. The van der Waals surface area contributed by atoms with E-state index in [0.29, 0.717) is 74.5 Å². The Bertz CT molecular complexity index is 2870. The molecule has 1 aromatic carbocycles. The Kier molecular flexibility index (Phi) is 23.4. The molecule has 23 heteroatoms. The number of cyclic esters (lactones) is 1. The van der Waals surface area contributed by atoms with Gasteiger partial charge in [0.15, 0.2) is 5.60 Å². The van der Waals surface area contributed by atoms with E-state index >= 15 is 0 Å².